The van der Waals surface area contributed by atoms with E-state index in [0.29, 0.717) is 16.9 Å². The maximum absolute atomic E-state index is 15.1. The van der Waals surface area contributed by atoms with E-state index in [4.69, 9.17) is 4.74 Å². The van der Waals surface area contributed by atoms with E-state index in [0.717, 1.165) is 10.2 Å². The second-order valence-electron chi connectivity index (χ2n) is 7.40. The fourth-order valence-electron chi connectivity index (χ4n) is 3.52. The maximum atomic E-state index is 15.1. The van der Waals surface area contributed by atoms with Gasteiger partial charge in [-0.2, -0.15) is 5.26 Å². The van der Waals surface area contributed by atoms with E-state index < -0.39 is 23.7 Å². The molecule has 2 N–H and O–H groups in total. The summed E-state index contributed by atoms with van der Waals surface area (Å²) in [5.41, 5.74) is 1.74. The van der Waals surface area contributed by atoms with Crippen LogP contribution >= 0.6 is 15.9 Å². The van der Waals surface area contributed by atoms with E-state index in [1.54, 1.807) is 37.3 Å². The van der Waals surface area contributed by atoms with E-state index in [1.807, 2.05) is 30.3 Å². The highest BCUT2D eigenvalue weighted by Crippen LogP contribution is 2.41. The van der Waals surface area contributed by atoms with Crippen molar-refractivity contribution in [3.8, 4) is 17.6 Å². The van der Waals surface area contributed by atoms with E-state index >= 15 is 4.39 Å². The van der Waals surface area contributed by atoms with Crippen molar-refractivity contribution >= 4 is 27.6 Å². The molecule has 0 aromatic heterocycles. The Morgan fingerprint density at radius 2 is 1.84 bits per heavy atom. The number of carboxylic acid groups (broad SMARTS) is 1. The second-order valence-corrected chi connectivity index (χ2v) is 8.32. The molecule has 0 heterocycles. The molecule has 164 valence electrons. The Hall–Kier alpha value is -3.37. The molecule has 0 saturated heterocycles. The highest BCUT2D eigenvalue weighted by Gasteiger charge is 2.29. The molecule has 3 aromatic rings. The van der Waals surface area contributed by atoms with Crippen molar-refractivity contribution < 1.29 is 19.0 Å². The van der Waals surface area contributed by atoms with Gasteiger partial charge >= 0.3 is 5.97 Å². The first-order valence-corrected chi connectivity index (χ1v) is 10.8. The molecule has 32 heavy (non-hydrogen) atoms. The number of nitrogens with one attached hydrogen (secondary N) is 1. The van der Waals surface area contributed by atoms with Crippen LogP contribution in [0, 0.1) is 23.1 Å². The number of rotatable bonds is 9. The Labute approximate surface area is 194 Å². The van der Waals surface area contributed by atoms with Gasteiger partial charge in [-0.25, -0.2) is 4.39 Å². The van der Waals surface area contributed by atoms with Crippen LogP contribution in [-0.4, -0.2) is 11.1 Å². The number of hydrogen-bond acceptors (Lipinski definition) is 4. The topological polar surface area (TPSA) is 82.4 Å². The number of aliphatic carboxylic acids is 1. The maximum Gasteiger partial charge on any atom is 0.303 e. The summed E-state index contributed by atoms with van der Waals surface area (Å²) in [4.78, 5) is 11.5. The fourth-order valence-corrected chi connectivity index (χ4v) is 3.79. The van der Waals surface area contributed by atoms with Crippen LogP contribution in [-0.2, 0) is 11.2 Å². The summed E-state index contributed by atoms with van der Waals surface area (Å²) in [6.45, 7) is 1.78. The van der Waals surface area contributed by atoms with Gasteiger partial charge in [0.15, 0.2) is 11.6 Å². The number of benzene rings is 3. The van der Waals surface area contributed by atoms with Gasteiger partial charge in [0.2, 0.25) is 0 Å². The molecule has 0 aliphatic rings. The molecule has 0 saturated carbocycles. The SMILES string of the molecule is CC(CC(=O)O)C(Nc1ccc(Br)cc1)c1c(CC#N)ccc(F)c1Oc1ccccc1. The average Bonchev–Trinajstić information content (AvgIpc) is 2.76. The predicted octanol–water partition coefficient (Wildman–Crippen LogP) is 6.71. The van der Waals surface area contributed by atoms with Gasteiger partial charge < -0.3 is 15.2 Å². The highest BCUT2D eigenvalue weighted by atomic mass is 79.9. The average molecular weight is 497 g/mol. The normalized spacial score (nSPS) is 12.4. The zero-order valence-corrected chi connectivity index (χ0v) is 19.0. The van der Waals surface area contributed by atoms with Crippen molar-refractivity contribution in [3.63, 3.8) is 0 Å². The summed E-state index contributed by atoms with van der Waals surface area (Å²) in [5.74, 6) is -1.57. The van der Waals surface area contributed by atoms with Crippen LogP contribution in [0.3, 0.4) is 0 Å². The van der Waals surface area contributed by atoms with E-state index in [2.05, 4.69) is 27.3 Å². The number of ether oxygens (including phenoxy) is 1. The van der Waals surface area contributed by atoms with Crippen molar-refractivity contribution in [1.29, 1.82) is 5.26 Å². The molecule has 0 fully saturated rings. The summed E-state index contributed by atoms with van der Waals surface area (Å²) in [5, 5.41) is 22.1. The monoisotopic (exact) mass is 496 g/mol. The van der Waals surface area contributed by atoms with Crippen molar-refractivity contribution in [2.75, 3.05) is 5.32 Å². The molecule has 0 radical (unpaired) electrons. The Bertz CT molecular complexity index is 1110. The van der Waals surface area contributed by atoms with E-state index in [1.165, 1.54) is 6.07 Å². The third-order valence-electron chi connectivity index (χ3n) is 5.01. The molecule has 0 amide bonds. The quantitative estimate of drug-likeness (QED) is 0.343. The van der Waals surface area contributed by atoms with Crippen LogP contribution in [0.4, 0.5) is 10.1 Å². The largest absolute Gasteiger partial charge is 0.481 e. The molecule has 0 aliphatic carbocycles. The van der Waals surface area contributed by atoms with Crippen LogP contribution < -0.4 is 10.1 Å². The first-order valence-electron chi connectivity index (χ1n) is 10.0. The lowest BCUT2D eigenvalue weighted by molar-refractivity contribution is -0.138. The Balaban J connectivity index is 2.15. The lowest BCUT2D eigenvalue weighted by Crippen LogP contribution is -2.23. The van der Waals surface area contributed by atoms with Crippen LogP contribution in [0.15, 0.2) is 71.2 Å². The van der Waals surface area contributed by atoms with Gasteiger partial charge in [-0.05, 0) is 53.9 Å². The number of nitriles is 1. The summed E-state index contributed by atoms with van der Waals surface area (Å²) in [6, 6.07) is 20.5. The second kappa shape index (κ2) is 10.8. The van der Waals surface area contributed by atoms with Crippen LogP contribution in [0.1, 0.15) is 30.5 Å². The lowest BCUT2D eigenvalue weighted by Gasteiger charge is -2.29. The minimum Gasteiger partial charge on any atom is -0.481 e. The molecule has 7 heteroatoms. The van der Waals surface area contributed by atoms with Crippen LogP contribution in [0.2, 0.25) is 0 Å². The first kappa shape index (κ1) is 23.3. The third-order valence-corrected chi connectivity index (χ3v) is 5.54. The molecule has 0 spiro atoms. The minimum absolute atomic E-state index is 0.0178. The molecule has 0 aliphatic heterocycles. The van der Waals surface area contributed by atoms with E-state index in [-0.39, 0.29) is 18.6 Å². The lowest BCUT2D eigenvalue weighted by atomic mass is 9.87. The zero-order valence-electron chi connectivity index (χ0n) is 17.4. The zero-order chi connectivity index (χ0) is 23.1. The van der Waals surface area contributed by atoms with Crippen LogP contribution in [0.5, 0.6) is 11.5 Å². The van der Waals surface area contributed by atoms with Gasteiger partial charge in [0, 0.05) is 15.7 Å². The molecule has 2 atom stereocenters. The molecule has 5 nitrogen and oxygen atoms in total. The number of para-hydroxylation sites is 1. The number of carboxylic acids is 1. The molecular formula is C25H22BrFN2O3. The summed E-state index contributed by atoms with van der Waals surface area (Å²) < 4.78 is 21.9. The van der Waals surface area contributed by atoms with Gasteiger partial charge in [0.1, 0.15) is 5.75 Å². The minimum atomic E-state index is -0.969. The molecule has 3 aromatic carbocycles. The van der Waals surface area contributed by atoms with Crippen molar-refractivity contribution in [3.05, 3.63) is 88.1 Å². The standard InChI is InChI=1S/C25H22BrFN2O3/c1-16(15-22(30)31)24(29-19-10-8-18(26)9-11-19)23-17(13-14-28)7-12-21(27)25(23)32-20-5-3-2-4-6-20/h2-12,16,24,29H,13,15H2,1H3,(H,30,31). The third kappa shape index (κ3) is 5.86. The number of nitrogens with zero attached hydrogens (tertiary/aromatic N) is 1. The molecular weight excluding hydrogens is 475 g/mol. The Morgan fingerprint density at radius 1 is 1.16 bits per heavy atom. The Kier molecular flexibility index (Phi) is 7.85. The van der Waals surface area contributed by atoms with E-state index in [9.17, 15) is 15.2 Å². The molecule has 2 unspecified atom stereocenters. The summed E-state index contributed by atoms with van der Waals surface area (Å²) in [7, 11) is 0. The number of halogens is 2. The Morgan fingerprint density at radius 3 is 2.47 bits per heavy atom. The molecule has 0 bridgehead atoms. The first-order chi connectivity index (χ1) is 15.4. The number of hydrogen-bond donors (Lipinski definition) is 2. The molecule has 3 rings (SSSR count). The van der Waals surface area contributed by atoms with Gasteiger partial charge in [-0.1, -0.05) is 47.1 Å². The summed E-state index contributed by atoms with van der Waals surface area (Å²) in [6.07, 6.45) is -0.124. The fraction of sp³-hybridized carbons (Fsp3) is 0.200. The van der Waals surface area contributed by atoms with Crippen molar-refractivity contribution in [1.82, 2.24) is 0 Å². The van der Waals surface area contributed by atoms with Crippen molar-refractivity contribution in [2.45, 2.75) is 25.8 Å². The number of carbonyl (C=O) groups is 1. The summed E-state index contributed by atoms with van der Waals surface area (Å²) >= 11 is 3.40. The van der Waals surface area contributed by atoms with Gasteiger partial charge in [0.05, 0.1) is 25.0 Å². The van der Waals surface area contributed by atoms with Crippen LogP contribution in [0.25, 0.3) is 0 Å². The van der Waals surface area contributed by atoms with Gasteiger partial charge in [-0.15, -0.1) is 0 Å². The predicted molar refractivity (Wildman–Crippen MR) is 124 cm³/mol. The highest BCUT2D eigenvalue weighted by molar-refractivity contribution is 9.10. The smallest absolute Gasteiger partial charge is 0.303 e. The number of anilines is 1. The van der Waals surface area contributed by atoms with Crippen molar-refractivity contribution in [2.24, 2.45) is 5.92 Å². The van der Waals surface area contributed by atoms with Gasteiger partial charge in [0.25, 0.3) is 0 Å². The van der Waals surface area contributed by atoms with Gasteiger partial charge in [-0.3, -0.25) is 4.79 Å².